The summed E-state index contributed by atoms with van der Waals surface area (Å²) in [6.07, 6.45) is 6.35. The molecule has 0 aliphatic carbocycles. The molecule has 4 nitrogen and oxygen atoms in total. The molecule has 5 heteroatoms. The minimum absolute atomic E-state index is 0. The Hall–Kier alpha value is -5.92. The van der Waals surface area contributed by atoms with Crippen LogP contribution in [0.25, 0.3) is 79.2 Å². The van der Waals surface area contributed by atoms with Crippen molar-refractivity contribution in [3.8, 4) is 33.4 Å². The standard InChI is InChI=1S/C44H30N4.Li.H/c1-5-13-29(14-6-1)38-27-37-26-35-22-21-33(45-35)25-34-23-24-36(46-34)28-39-40(30-15-7-2-8-16-30)41(31-17-9-3-10-18-31)44(48-39)42(43(38)47-37)32-19-11-4-12-20-32;;/h1-28,45,48H;;. The van der Waals surface area contributed by atoms with Crippen molar-refractivity contribution < 1.29 is 0 Å². The summed E-state index contributed by atoms with van der Waals surface area (Å²) < 4.78 is 0. The number of fused-ring (bicyclic) bond motifs is 8. The van der Waals surface area contributed by atoms with Crippen LogP contribution < -0.4 is 0 Å². The fourth-order valence-electron chi connectivity index (χ4n) is 6.78. The zero-order valence-electron chi connectivity index (χ0n) is 26.1. The average Bonchev–Trinajstić information content (AvgIpc) is 3.94. The van der Waals surface area contributed by atoms with E-state index in [9.17, 15) is 0 Å². The molecule has 2 N–H and O–H groups in total. The van der Waals surface area contributed by atoms with E-state index in [2.05, 4.69) is 180 Å². The molecule has 5 heterocycles. The molecule has 0 unspecified atom stereocenters. The quantitative estimate of drug-likeness (QED) is 0.192. The number of hydrogen-bond donors (Lipinski definition) is 2. The van der Waals surface area contributed by atoms with Gasteiger partial charge in [-0.3, -0.25) is 0 Å². The van der Waals surface area contributed by atoms with Crippen molar-refractivity contribution >= 4 is 64.7 Å². The number of H-pyrrole nitrogens is 2. The Bertz CT molecular complexity index is 2530. The number of rotatable bonds is 4. The molecule has 2 aliphatic rings. The normalized spacial score (nSPS) is 12.0. The van der Waals surface area contributed by atoms with E-state index in [1.165, 1.54) is 0 Å². The van der Waals surface area contributed by atoms with E-state index in [1.54, 1.807) is 0 Å². The molecular formula is C44H31LiN4. The van der Waals surface area contributed by atoms with Gasteiger partial charge in [0.05, 0.1) is 28.3 Å². The van der Waals surface area contributed by atoms with Gasteiger partial charge in [0, 0.05) is 38.8 Å². The third-order valence-corrected chi connectivity index (χ3v) is 8.89. The van der Waals surface area contributed by atoms with Gasteiger partial charge in [0.15, 0.2) is 0 Å². The van der Waals surface area contributed by atoms with Crippen molar-refractivity contribution in [3.05, 3.63) is 180 Å². The summed E-state index contributed by atoms with van der Waals surface area (Å²) in [5, 5.41) is 0. The van der Waals surface area contributed by atoms with Gasteiger partial charge in [-0.15, -0.1) is 0 Å². The number of aromatic amines is 2. The maximum absolute atomic E-state index is 5.42. The maximum atomic E-state index is 5.42. The molecule has 3 aromatic heterocycles. The van der Waals surface area contributed by atoms with Crippen molar-refractivity contribution in [3.63, 3.8) is 0 Å². The molecule has 0 fully saturated rings. The first-order valence-electron chi connectivity index (χ1n) is 16.2. The summed E-state index contributed by atoms with van der Waals surface area (Å²) in [5.41, 5.74) is 16.3. The molecule has 4 aromatic carbocycles. The summed E-state index contributed by atoms with van der Waals surface area (Å²) >= 11 is 0. The van der Waals surface area contributed by atoms with E-state index >= 15 is 0 Å². The van der Waals surface area contributed by atoms with Gasteiger partial charge in [-0.25, -0.2) is 9.97 Å². The predicted molar refractivity (Wildman–Crippen MR) is 207 cm³/mol. The van der Waals surface area contributed by atoms with Gasteiger partial charge in [-0.05, 0) is 70.8 Å². The predicted octanol–water partition coefficient (Wildman–Crippen LogP) is 10.4. The number of hydrogen-bond acceptors (Lipinski definition) is 2. The average molecular weight is 623 g/mol. The van der Waals surface area contributed by atoms with Gasteiger partial charge in [0.2, 0.25) is 0 Å². The van der Waals surface area contributed by atoms with Gasteiger partial charge in [0.1, 0.15) is 0 Å². The molecule has 228 valence electrons. The number of benzene rings is 4. The van der Waals surface area contributed by atoms with Crippen LogP contribution >= 0.6 is 0 Å². The number of nitrogens with one attached hydrogen (secondary N) is 2. The molecular weight excluding hydrogens is 591 g/mol. The van der Waals surface area contributed by atoms with Gasteiger partial charge >= 0.3 is 18.9 Å². The molecule has 8 bridgehead atoms. The zero-order valence-corrected chi connectivity index (χ0v) is 26.1. The molecule has 9 rings (SSSR count). The van der Waals surface area contributed by atoms with E-state index in [0.29, 0.717) is 0 Å². The van der Waals surface area contributed by atoms with Gasteiger partial charge in [-0.2, -0.15) is 0 Å². The summed E-state index contributed by atoms with van der Waals surface area (Å²) in [7, 11) is 0. The van der Waals surface area contributed by atoms with Crippen molar-refractivity contribution in [2.75, 3.05) is 0 Å². The topological polar surface area (TPSA) is 57.4 Å². The van der Waals surface area contributed by atoms with Crippen LogP contribution in [0.4, 0.5) is 0 Å². The molecule has 0 saturated heterocycles. The third kappa shape index (κ3) is 5.79. The Morgan fingerprint density at radius 2 is 0.898 bits per heavy atom. The Balaban J connectivity index is 0.00000348. The fourth-order valence-corrected chi connectivity index (χ4v) is 6.78. The zero-order chi connectivity index (χ0) is 31.9. The third-order valence-electron chi connectivity index (χ3n) is 8.89. The molecule has 0 atom stereocenters. The first-order chi connectivity index (χ1) is 23.8. The Morgan fingerprint density at radius 3 is 1.49 bits per heavy atom. The molecule has 0 saturated carbocycles. The Labute approximate surface area is 296 Å². The van der Waals surface area contributed by atoms with Crippen LogP contribution in [0, 0.1) is 0 Å². The van der Waals surface area contributed by atoms with Crippen LogP contribution in [0.3, 0.4) is 0 Å². The fraction of sp³-hybridized carbons (Fsp3) is 0. The molecule has 0 amide bonds. The van der Waals surface area contributed by atoms with Gasteiger partial charge in [0.25, 0.3) is 0 Å². The van der Waals surface area contributed by atoms with E-state index < -0.39 is 0 Å². The van der Waals surface area contributed by atoms with Gasteiger partial charge < -0.3 is 9.97 Å². The second-order valence-electron chi connectivity index (χ2n) is 12.0. The van der Waals surface area contributed by atoms with Gasteiger partial charge in [-0.1, -0.05) is 121 Å². The molecule has 0 radical (unpaired) electrons. The van der Waals surface area contributed by atoms with Crippen LogP contribution in [0.5, 0.6) is 0 Å². The Kier molecular flexibility index (Phi) is 8.03. The summed E-state index contributed by atoms with van der Waals surface area (Å²) in [6.45, 7) is 0. The monoisotopic (exact) mass is 622 g/mol. The van der Waals surface area contributed by atoms with E-state index in [0.717, 1.165) is 89.4 Å². The van der Waals surface area contributed by atoms with E-state index in [-0.39, 0.29) is 18.9 Å². The second-order valence-corrected chi connectivity index (χ2v) is 12.0. The summed E-state index contributed by atoms with van der Waals surface area (Å²) in [4.78, 5) is 17.9. The van der Waals surface area contributed by atoms with Crippen LogP contribution in [-0.4, -0.2) is 38.8 Å². The molecule has 0 spiro atoms. The second kappa shape index (κ2) is 12.9. The molecule has 49 heavy (non-hydrogen) atoms. The number of nitrogens with zero attached hydrogens (tertiary/aromatic N) is 2. The minimum atomic E-state index is 0. The summed E-state index contributed by atoms with van der Waals surface area (Å²) in [5.74, 6) is 0. The van der Waals surface area contributed by atoms with Crippen molar-refractivity contribution in [2.45, 2.75) is 0 Å². The van der Waals surface area contributed by atoms with Crippen LogP contribution in [0.2, 0.25) is 0 Å². The first-order valence-corrected chi connectivity index (χ1v) is 16.2. The summed E-state index contributed by atoms with van der Waals surface area (Å²) in [6, 6.07) is 53.0. The van der Waals surface area contributed by atoms with Crippen LogP contribution in [0.1, 0.15) is 28.3 Å². The van der Waals surface area contributed by atoms with Crippen molar-refractivity contribution in [1.29, 1.82) is 0 Å². The SMILES string of the molecule is C1=Cc2cc3[nH]c(c(-c4ccccc4)c4nc(cc5ccc(cc1n2)[nH]5)C=C4c1ccccc1)c(-c1ccccc1)c3-c1ccccc1.[LiH]. The number of aromatic nitrogens is 4. The van der Waals surface area contributed by atoms with Crippen molar-refractivity contribution in [2.24, 2.45) is 0 Å². The first kappa shape index (κ1) is 30.4. The van der Waals surface area contributed by atoms with Crippen LogP contribution in [-0.2, 0) is 0 Å². The van der Waals surface area contributed by atoms with E-state index in [4.69, 9.17) is 9.97 Å². The molecule has 7 aromatic rings. The van der Waals surface area contributed by atoms with E-state index in [1.807, 2.05) is 0 Å². The molecule has 2 aliphatic heterocycles. The van der Waals surface area contributed by atoms with Crippen LogP contribution in [0.15, 0.2) is 152 Å². The van der Waals surface area contributed by atoms with Crippen molar-refractivity contribution in [1.82, 2.24) is 19.9 Å². The Morgan fingerprint density at radius 1 is 0.408 bits per heavy atom.